The van der Waals surface area contributed by atoms with Crippen LogP contribution in [0.15, 0.2) is 53.8 Å². The second kappa shape index (κ2) is 8.86. The van der Waals surface area contributed by atoms with Crippen LogP contribution in [0, 0.1) is 0 Å². The number of hydrogen-bond acceptors (Lipinski definition) is 1. The van der Waals surface area contributed by atoms with Crippen LogP contribution in [-0.4, -0.2) is 9.55 Å². The first-order valence-corrected chi connectivity index (χ1v) is 11.2. The van der Waals surface area contributed by atoms with Crippen molar-refractivity contribution in [2.24, 2.45) is 0 Å². The van der Waals surface area contributed by atoms with Crippen LogP contribution < -0.4 is 5.69 Å². The highest BCUT2D eigenvalue weighted by atomic mass is 16.1. The van der Waals surface area contributed by atoms with Gasteiger partial charge in [-0.25, -0.2) is 4.79 Å². The first kappa shape index (κ1) is 19.8. The van der Waals surface area contributed by atoms with Gasteiger partial charge in [0.1, 0.15) is 0 Å². The molecule has 2 aromatic carbocycles. The molecule has 1 aromatic heterocycles. The van der Waals surface area contributed by atoms with Gasteiger partial charge in [0.2, 0.25) is 0 Å². The molecule has 0 saturated carbocycles. The molecule has 2 atom stereocenters. The average Bonchev–Trinajstić information content (AvgIpc) is 3.08. The van der Waals surface area contributed by atoms with Crippen molar-refractivity contribution in [2.45, 2.75) is 70.3 Å². The lowest BCUT2D eigenvalue weighted by molar-refractivity contribution is 0.395. The molecule has 1 heterocycles. The monoisotopic (exact) mass is 388 g/mol. The van der Waals surface area contributed by atoms with E-state index in [9.17, 15) is 4.79 Å². The number of nitrogens with zero attached hydrogens (tertiary/aromatic N) is 1. The minimum Gasteiger partial charge on any atom is -0.306 e. The van der Waals surface area contributed by atoms with Crippen LogP contribution >= 0.6 is 0 Å². The van der Waals surface area contributed by atoms with E-state index in [0.29, 0.717) is 5.92 Å². The molecule has 0 aliphatic heterocycles. The summed E-state index contributed by atoms with van der Waals surface area (Å²) in [6, 6.07) is 15.0. The van der Waals surface area contributed by atoms with Gasteiger partial charge >= 0.3 is 5.69 Å². The van der Waals surface area contributed by atoms with Crippen LogP contribution in [0.2, 0.25) is 0 Å². The number of rotatable bonds is 8. The Kier molecular flexibility index (Phi) is 6.03. The minimum absolute atomic E-state index is 0.0293. The maximum Gasteiger partial charge on any atom is 0.326 e. The minimum atomic E-state index is 0.0293. The molecule has 0 amide bonds. The zero-order chi connectivity index (χ0) is 20.2. The summed E-state index contributed by atoms with van der Waals surface area (Å²) in [6.45, 7) is 6.25. The Bertz CT molecular complexity index is 1040. The zero-order valence-electron chi connectivity index (χ0n) is 17.5. The predicted octanol–water partition coefficient (Wildman–Crippen LogP) is 6.60. The highest BCUT2D eigenvalue weighted by Crippen LogP contribution is 2.38. The van der Waals surface area contributed by atoms with Crippen molar-refractivity contribution in [1.82, 2.24) is 9.55 Å². The summed E-state index contributed by atoms with van der Waals surface area (Å²) >= 11 is 0. The van der Waals surface area contributed by atoms with E-state index in [1.165, 1.54) is 42.4 Å². The number of para-hydroxylation sites is 2. The fourth-order valence-electron chi connectivity index (χ4n) is 5.27. The van der Waals surface area contributed by atoms with Gasteiger partial charge in [-0.3, -0.25) is 4.57 Å². The van der Waals surface area contributed by atoms with Crippen molar-refractivity contribution < 1.29 is 0 Å². The van der Waals surface area contributed by atoms with E-state index in [0.717, 1.165) is 36.7 Å². The third-order valence-corrected chi connectivity index (χ3v) is 6.56. The Morgan fingerprint density at radius 3 is 2.90 bits per heavy atom. The number of fused-ring (bicyclic) bond motifs is 2. The van der Waals surface area contributed by atoms with Crippen LogP contribution in [0.3, 0.4) is 0 Å². The molecule has 0 radical (unpaired) electrons. The van der Waals surface area contributed by atoms with Crippen molar-refractivity contribution in [3.63, 3.8) is 0 Å². The molecular weight excluding hydrogens is 356 g/mol. The van der Waals surface area contributed by atoms with Crippen LogP contribution in [0.1, 0.15) is 80.5 Å². The Labute approximate surface area is 173 Å². The van der Waals surface area contributed by atoms with Gasteiger partial charge in [0.15, 0.2) is 0 Å². The molecule has 3 heteroatoms. The molecule has 1 N–H and O–H groups in total. The molecule has 3 nitrogen and oxygen atoms in total. The Hall–Kier alpha value is -2.55. The highest BCUT2D eigenvalue weighted by molar-refractivity contribution is 5.75. The Balaban J connectivity index is 1.52. The van der Waals surface area contributed by atoms with E-state index in [4.69, 9.17) is 0 Å². The van der Waals surface area contributed by atoms with Crippen LogP contribution in [-0.2, 0) is 6.42 Å². The van der Waals surface area contributed by atoms with Gasteiger partial charge in [-0.15, -0.1) is 0 Å². The smallest absolute Gasteiger partial charge is 0.306 e. The fourth-order valence-corrected chi connectivity index (χ4v) is 5.27. The predicted molar refractivity (Wildman–Crippen MR) is 123 cm³/mol. The van der Waals surface area contributed by atoms with Crippen molar-refractivity contribution in [2.75, 3.05) is 0 Å². The van der Waals surface area contributed by atoms with Gasteiger partial charge in [0.25, 0.3) is 0 Å². The molecule has 152 valence electrons. The summed E-state index contributed by atoms with van der Waals surface area (Å²) < 4.78 is 2.00. The van der Waals surface area contributed by atoms with Gasteiger partial charge in [-0.1, -0.05) is 62.8 Å². The van der Waals surface area contributed by atoms with E-state index in [2.05, 4.69) is 42.8 Å². The highest BCUT2D eigenvalue weighted by Gasteiger charge is 2.23. The number of hydrogen-bond donors (Lipinski definition) is 1. The molecule has 4 rings (SSSR count). The SMILES string of the molecule is C=Cc1cccc2c1C(CCCC(CCC)n1c(=O)[nH]c3ccccc31)CCC2. The molecule has 3 aromatic rings. The first-order valence-electron chi connectivity index (χ1n) is 11.2. The second-order valence-electron chi connectivity index (χ2n) is 8.40. The summed E-state index contributed by atoms with van der Waals surface area (Å²) in [6.07, 6.45) is 11.3. The molecule has 0 saturated heterocycles. The summed E-state index contributed by atoms with van der Waals surface area (Å²) in [4.78, 5) is 15.7. The molecule has 1 aliphatic rings. The third-order valence-electron chi connectivity index (χ3n) is 6.56. The third kappa shape index (κ3) is 3.96. The Morgan fingerprint density at radius 2 is 2.07 bits per heavy atom. The molecule has 0 spiro atoms. The van der Waals surface area contributed by atoms with Crippen LogP contribution in [0.5, 0.6) is 0 Å². The normalized spacial score (nSPS) is 17.2. The van der Waals surface area contributed by atoms with Crippen LogP contribution in [0.4, 0.5) is 0 Å². The average molecular weight is 389 g/mol. The standard InChI is InChI=1S/C26H32N2O/c1-3-10-22(28-24-18-6-5-17-23(24)27-26(28)29)16-9-15-21-14-8-13-20-12-7-11-19(4-2)25(20)21/h4-7,11-12,17-18,21-22H,2-3,8-10,13-16H2,1H3,(H,27,29). The Morgan fingerprint density at radius 1 is 1.21 bits per heavy atom. The van der Waals surface area contributed by atoms with Crippen molar-refractivity contribution in [3.8, 4) is 0 Å². The summed E-state index contributed by atoms with van der Waals surface area (Å²) in [5.41, 5.74) is 6.36. The van der Waals surface area contributed by atoms with E-state index in [1.54, 1.807) is 0 Å². The number of aromatic nitrogens is 2. The lowest BCUT2D eigenvalue weighted by atomic mass is 9.77. The van der Waals surface area contributed by atoms with Gasteiger partial charge in [-0.05, 0) is 73.3 Å². The largest absolute Gasteiger partial charge is 0.326 e. The van der Waals surface area contributed by atoms with E-state index in [1.807, 2.05) is 28.8 Å². The van der Waals surface area contributed by atoms with Gasteiger partial charge in [0, 0.05) is 6.04 Å². The molecule has 29 heavy (non-hydrogen) atoms. The van der Waals surface area contributed by atoms with Gasteiger partial charge in [0.05, 0.1) is 11.0 Å². The lowest BCUT2D eigenvalue weighted by Crippen LogP contribution is -2.22. The van der Waals surface area contributed by atoms with Crippen molar-refractivity contribution >= 4 is 17.1 Å². The first-order chi connectivity index (χ1) is 14.2. The molecule has 0 bridgehead atoms. The number of benzene rings is 2. The number of H-pyrrole nitrogens is 1. The summed E-state index contributed by atoms with van der Waals surface area (Å²) in [5.74, 6) is 0.620. The quantitative estimate of drug-likeness (QED) is 0.463. The molecule has 2 unspecified atom stereocenters. The van der Waals surface area contributed by atoms with E-state index < -0.39 is 0 Å². The number of aromatic amines is 1. The van der Waals surface area contributed by atoms with Gasteiger partial charge < -0.3 is 4.98 Å². The maximum atomic E-state index is 12.7. The zero-order valence-corrected chi connectivity index (χ0v) is 17.5. The van der Waals surface area contributed by atoms with Crippen molar-refractivity contribution in [3.05, 3.63) is 76.2 Å². The number of nitrogens with one attached hydrogen (secondary N) is 1. The maximum absolute atomic E-state index is 12.7. The molecule has 0 fully saturated rings. The summed E-state index contributed by atoms with van der Waals surface area (Å²) in [7, 11) is 0. The van der Waals surface area contributed by atoms with Crippen LogP contribution in [0.25, 0.3) is 17.1 Å². The second-order valence-corrected chi connectivity index (χ2v) is 8.40. The molecule has 1 aliphatic carbocycles. The number of aryl methyl sites for hydroxylation is 1. The summed E-state index contributed by atoms with van der Waals surface area (Å²) in [5, 5.41) is 0. The van der Waals surface area contributed by atoms with Gasteiger partial charge in [-0.2, -0.15) is 0 Å². The van der Waals surface area contributed by atoms with E-state index in [-0.39, 0.29) is 11.7 Å². The number of imidazole rings is 1. The van der Waals surface area contributed by atoms with E-state index >= 15 is 0 Å². The lowest BCUT2D eigenvalue weighted by Gasteiger charge is -2.28. The fraction of sp³-hybridized carbons (Fsp3) is 0.423. The molecular formula is C26H32N2O. The van der Waals surface area contributed by atoms with Crippen molar-refractivity contribution in [1.29, 1.82) is 0 Å². The topological polar surface area (TPSA) is 37.8 Å².